The first kappa shape index (κ1) is 48.3. The second-order valence-corrected chi connectivity index (χ2v) is 22.7. The Morgan fingerprint density at radius 2 is 1.29 bits per heavy atom. The van der Waals surface area contributed by atoms with E-state index in [1.54, 1.807) is 24.3 Å². The van der Waals surface area contributed by atoms with Crippen LogP contribution in [-0.4, -0.2) is 26.8 Å². The van der Waals surface area contributed by atoms with E-state index >= 15 is 0 Å². The van der Waals surface area contributed by atoms with Gasteiger partial charge in [0, 0.05) is 17.7 Å². The zero-order valence-electron chi connectivity index (χ0n) is 38.1. The Balaban J connectivity index is 0.000000500. The van der Waals surface area contributed by atoms with Gasteiger partial charge in [-0.15, -0.1) is 0 Å². The summed E-state index contributed by atoms with van der Waals surface area (Å²) in [7, 11) is -2.29. The molecule has 3 unspecified atom stereocenters. The van der Waals surface area contributed by atoms with Crippen LogP contribution in [-0.2, 0) is 44.1 Å². The lowest BCUT2D eigenvalue weighted by atomic mass is 9.83. The average Bonchev–Trinajstić information content (AvgIpc) is 3.75. The number of benzene rings is 6. The van der Waals surface area contributed by atoms with Crippen LogP contribution in [0.25, 0.3) is 0 Å². The topological polar surface area (TPSA) is 95.1 Å². The van der Waals surface area contributed by atoms with Crippen molar-refractivity contribution in [3.8, 4) is 5.75 Å². The van der Waals surface area contributed by atoms with Gasteiger partial charge < -0.3 is 29.3 Å². The number of ether oxygens (including phenoxy) is 3. The van der Waals surface area contributed by atoms with Gasteiger partial charge in [-0.3, -0.25) is 4.79 Å². The third kappa shape index (κ3) is 13.7. The third-order valence-electron chi connectivity index (χ3n) is 12.0. The predicted octanol–water partition coefficient (Wildman–Crippen LogP) is 13.2. The second kappa shape index (κ2) is 22.2. The molecule has 1 fully saturated rings. The molecule has 0 bridgehead atoms. The van der Waals surface area contributed by atoms with Crippen molar-refractivity contribution in [3.05, 3.63) is 203 Å². The fourth-order valence-electron chi connectivity index (χ4n) is 7.16. The molecule has 0 spiro atoms. The maximum Gasteiger partial charge on any atom is 0.407 e. The molecular weight excluding hydrogens is 839 g/mol. The summed E-state index contributed by atoms with van der Waals surface area (Å²) < 4.78 is 52.3. The van der Waals surface area contributed by atoms with Gasteiger partial charge in [-0.2, -0.15) is 0 Å². The van der Waals surface area contributed by atoms with Gasteiger partial charge in [0.15, 0.2) is 14.1 Å². The van der Waals surface area contributed by atoms with Crippen molar-refractivity contribution in [3.63, 3.8) is 0 Å². The highest BCUT2D eigenvalue weighted by molar-refractivity contribution is 6.74. The van der Waals surface area contributed by atoms with E-state index < -0.39 is 20.0 Å². The highest BCUT2D eigenvalue weighted by atomic mass is 28.4. The van der Waals surface area contributed by atoms with E-state index in [9.17, 15) is 18.4 Å². The molecule has 3 atom stereocenters. The van der Waals surface area contributed by atoms with Gasteiger partial charge in [0.1, 0.15) is 36.1 Å². The van der Waals surface area contributed by atoms with Crippen molar-refractivity contribution in [1.82, 2.24) is 5.32 Å². The SMILES string of the molecule is CC(Nc1ccc(F)cc1)(C(=O)CCC(O[Si](C)(C)C(C)(C)C)c1ccc(F)cc1)c1ccc(COCc2ccccc2)cc1OCc1ccccc1.O=C1NC(c2ccccc2)CO1. The summed E-state index contributed by atoms with van der Waals surface area (Å²) in [6, 6.07) is 47.8. The maximum absolute atomic E-state index is 14.8. The monoisotopic (exact) mass is 898 g/mol. The highest BCUT2D eigenvalue weighted by Gasteiger charge is 2.41. The lowest BCUT2D eigenvalue weighted by Gasteiger charge is -2.40. The first-order valence-electron chi connectivity index (χ1n) is 22.0. The molecule has 1 saturated heterocycles. The first-order chi connectivity index (χ1) is 31.1. The van der Waals surface area contributed by atoms with Crippen molar-refractivity contribution in [2.45, 2.75) is 96.2 Å². The number of hydrogen-bond acceptors (Lipinski definition) is 7. The van der Waals surface area contributed by atoms with Crippen LogP contribution in [0.4, 0.5) is 19.3 Å². The molecule has 65 heavy (non-hydrogen) atoms. The van der Waals surface area contributed by atoms with Crippen molar-refractivity contribution in [1.29, 1.82) is 0 Å². The molecule has 6 aromatic rings. The molecule has 340 valence electrons. The molecule has 1 heterocycles. The summed E-state index contributed by atoms with van der Waals surface area (Å²) in [6.07, 6.45) is -0.234. The number of carbonyl (C=O) groups excluding carboxylic acids is 2. The summed E-state index contributed by atoms with van der Waals surface area (Å²) in [5.41, 5.74) is 4.78. The van der Waals surface area contributed by atoms with Crippen LogP contribution in [0.3, 0.4) is 0 Å². The van der Waals surface area contributed by atoms with Gasteiger partial charge in [-0.05, 0) is 102 Å². The van der Waals surface area contributed by atoms with Gasteiger partial charge in [0.2, 0.25) is 0 Å². The number of amides is 1. The van der Waals surface area contributed by atoms with Crippen molar-refractivity contribution in [2.24, 2.45) is 0 Å². The molecule has 2 N–H and O–H groups in total. The molecule has 0 aliphatic carbocycles. The molecular formula is C54H60F2N2O6Si. The minimum Gasteiger partial charge on any atom is -0.489 e. The maximum atomic E-state index is 14.8. The number of ketones is 1. The fraction of sp³-hybridized carbons (Fsp3) is 0.296. The molecule has 0 radical (unpaired) electrons. The van der Waals surface area contributed by atoms with Crippen LogP contribution in [0.15, 0.2) is 158 Å². The fourth-order valence-corrected chi connectivity index (χ4v) is 8.48. The van der Waals surface area contributed by atoms with E-state index in [1.165, 1.54) is 24.3 Å². The van der Waals surface area contributed by atoms with Crippen LogP contribution >= 0.6 is 0 Å². The smallest absolute Gasteiger partial charge is 0.407 e. The number of halogens is 2. The Morgan fingerprint density at radius 3 is 1.86 bits per heavy atom. The predicted molar refractivity (Wildman–Crippen MR) is 255 cm³/mol. The van der Waals surface area contributed by atoms with Gasteiger partial charge in [0.25, 0.3) is 0 Å². The Kier molecular flexibility index (Phi) is 16.5. The summed E-state index contributed by atoms with van der Waals surface area (Å²) in [5, 5.41) is 6.09. The first-order valence-corrected chi connectivity index (χ1v) is 24.9. The molecule has 0 saturated carbocycles. The van der Waals surface area contributed by atoms with Gasteiger partial charge in [0.05, 0.1) is 25.4 Å². The molecule has 0 aromatic heterocycles. The molecule has 11 heteroatoms. The molecule has 7 rings (SSSR count). The van der Waals surface area contributed by atoms with Gasteiger partial charge in [-0.1, -0.05) is 136 Å². The summed E-state index contributed by atoms with van der Waals surface area (Å²) >= 11 is 0. The number of anilines is 1. The lowest BCUT2D eigenvalue weighted by molar-refractivity contribution is -0.123. The van der Waals surface area contributed by atoms with Crippen LogP contribution in [0, 0.1) is 11.6 Å². The zero-order valence-corrected chi connectivity index (χ0v) is 39.1. The lowest BCUT2D eigenvalue weighted by Crippen LogP contribution is -2.43. The number of nitrogens with one attached hydrogen (secondary N) is 2. The van der Waals surface area contributed by atoms with E-state index in [4.69, 9.17) is 18.6 Å². The summed E-state index contributed by atoms with van der Waals surface area (Å²) in [6.45, 7) is 14.2. The number of hydrogen-bond donors (Lipinski definition) is 2. The number of alkyl carbamates (subject to hydrolysis) is 1. The number of Topliss-reactive ketones (excluding diaryl/α,β-unsaturated/α-hetero) is 1. The standard InChI is InChI=1S/C45H51F2NO4Si.C9H9NO2/c1-44(2,3)53(5,6)52-41(36-18-20-37(46)21-19-36)27-28-43(49)45(4,48-39-24-22-38(47)23-25-39)40-26-17-35(31-50-30-33-13-9-7-10-14-33)29-42(40)51-32-34-15-11-8-12-16-34;11-9-10-8(6-12-9)7-4-2-1-3-5-7/h7-26,29,41,48H,27-28,30-32H2,1-6H3;1-5,8H,6H2,(H,10,11). The molecule has 1 aliphatic heterocycles. The summed E-state index contributed by atoms with van der Waals surface area (Å²) in [5.74, 6) is -0.276. The van der Waals surface area contributed by atoms with E-state index in [2.05, 4.69) is 44.5 Å². The van der Waals surface area contributed by atoms with E-state index in [0.29, 0.717) is 43.2 Å². The molecule has 8 nitrogen and oxygen atoms in total. The second-order valence-electron chi connectivity index (χ2n) is 17.9. The quantitative estimate of drug-likeness (QED) is 0.0830. The van der Waals surface area contributed by atoms with E-state index in [0.717, 1.165) is 27.8 Å². The average molecular weight is 899 g/mol. The van der Waals surface area contributed by atoms with E-state index in [-0.39, 0.29) is 47.6 Å². The molecule has 6 aromatic carbocycles. The Morgan fingerprint density at radius 1 is 0.738 bits per heavy atom. The van der Waals surface area contributed by atoms with Crippen molar-refractivity contribution >= 4 is 25.9 Å². The number of carbonyl (C=O) groups is 2. The zero-order chi connectivity index (χ0) is 46.5. The van der Waals surface area contributed by atoms with Crippen molar-refractivity contribution in [2.75, 3.05) is 11.9 Å². The normalized spacial score (nSPS) is 15.1. The Hall–Kier alpha value is -6.14. The van der Waals surface area contributed by atoms with Gasteiger partial charge >= 0.3 is 6.09 Å². The Bertz CT molecular complexity index is 2430. The van der Waals surface area contributed by atoms with Crippen LogP contribution in [0.5, 0.6) is 5.75 Å². The Labute approximate surface area is 383 Å². The van der Waals surface area contributed by atoms with Crippen molar-refractivity contribution < 1.29 is 37.0 Å². The third-order valence-corrected chi connectivity index (χ3v) is 16.5. The summed E-state index contributed by atoms with van der Waals surface area (Å²) in [4.78, 5) is 25.5. The largest absolute Gasteiger partial charge is 0.489 e. The van der Waals surface area contributed by atoms with Crippen LogP contribution in [0.2, 0.25) is 18.1 Å². The minimum absolute atomic E-state index is 0.0266. The number of cyclic esters (lactones) is 1. The number of rotatable bonds is 18. The van der Waals surface area contributed by atoms with Crippen LogP contribution < -0.4 is 15.4 Å². The highest BCUT2D eigenvalue weighted by Crippen LogP contribution is 2.42. The molecule has 1 aliphatic rings. The van der Waals surface area contributed by atoms with Crippen LogP contribution in [0.1, 0.15) is 86.1 Å². The molecule has 1 amide bonds. The minimum atomic E-state index is -2.29. The van der Waals surface area contributed by atoms with E-state index in [1.807, 2.05) is 116 Å². The van der Waals surface area contributed by atoms with Gasteiger partial charge in [-0.25, -0.2) is 13.6 Å².